The number of hydrogen-bond donors (Lipinski definition) is 0. The van der Waals surface area contributed by atoms with Gasteiger partial charge in [-0.25, -0.2) is 0 Å². The molecular weight excluding hydrogens is 223 g/mol. The first-order valence-corrected chi connectivity index (χ1v) is 6.95. The Kier molecular flexibility index (Phi) is 3.29. The summed E-state index contributed by atoms with van der Waals surface area (Å²) in [6.45, 7) is 4.21. The molecule has 1 aromatic rings. The highest BCUT2D eigenvalue weighted by Crippen LogP contribution is 2.55. The van der Waals surface area contributed by atoms with E-state index in [9.17, 15) is 4.89 Å². The maximum atomic E-state index is 12.2. The van der Waals surface area contributed by atoms with Gasteiger partial charge in [-0.1, -0.05) is 17.7 Å². The minimum Gasteiger partial charge on any atom is -0.620 e. The summed E-state index contributed by atoms with van der Waals surface area (Å²) in [7, 11) is -3.08. The first-order chi connectivity index (χ1) is 7.63. The standard InChI is InChI=1S/C12H15O3P/c1-3-14-16(13)8-4-5-11-9-10(2)6-7-12(11)15-16/h4,6-9H,3,5H2,1-2H3. The zero-order chi connectivity index (χ0) is 11.6. The molecule has 0 amide bonds. The molecule has 3 nitrogen and oxygen atoms in total. The minimum atomic E-state index is -3.08. The van der Waals surface area contributed by atoms with Gasteiger partial charge in [0.15, 0.2) is 5.75 Å². The van der Waals surface area contributed by atoms with Crippen LogP contribution in [0.15, 0.2) is 30.1 Å². The number of benzene rings is 1. The highest BCUT2D eigenvalue weighted by Gasteiger charge is 2.30. The van der Waals surface area contributed by atoms with Crippen molar-refractivity contribution in [2.75, 3.05) is 6.61 Å². The molecular formula is C12H15O3P. The molecule has 1 unspecified atom stereocenters. The van der Waals surface area contributed by atoms with Gasteiger partial charge < -0.3 is 9.42 Å². The Morgan fingerprint density at radius 1 is 1.50 bits per heavy atom. The summed E-state index contributed by atoms with van der Waals surface area (Å²) in [6.07, 6.45) is 2.58. The molecule has 1 aliphatic heterocycles. The molecule has 0 spiro atoms. The molecule has 16 heavy (non-hydrogen) atoms. The van der Waals surface area contributed by atoms with Crippen molar-refractivity contribution in [3.63, 3.8) is 0 Å². The molecule has 4 heteroatoms. The van der Waals surface area contributed by atoms with E-state index in [1.807, 2.05) is 31.2 Å². The summed E-state index contributed by atoms with van der Waals surface area (Å²) in [5.74, 6) is 2.21. The Morgan fingerprint density at radius 3 is 3.06 bits per heavy atom. The highest BCUT2D eigenvalue weighted by molar-refractivity contribution is 7.62. The molecule has 2 rings (SSSR count). The highest BCUT2D eigenvalue weighted by atomic mass is 31.2. The van der Waals surface area contributed by atoms with Crippen LogP contribution in [0.4, 0.5) is 0 Å². The van der Waals surface area contributed by atoms with Gasteiger partial charge in [0.2, 0.25) is 0 Å². The van der Waals surface area contributed by atoms with Crippen LogP contribution in [0.3, 0.4) is 0 Å². The maximum Gasteiger partial charge on any atom is 0.310 e. The van der Waals surface area contributed by atoms with Crippen molar-refractivity contribution in [1.29, 1.82) is 0 Å². The van der Waals surface area contributed by atoms with Crippen molar-refractivity contribution >= 4 is 7.94 Å². The van der Waals surface area contributed by atoms with Crippen molar-refractivity contribution in [3.05, 3.63) is 41.2 Å². The Morgan fingerprint density at radius 2 is 2.31 bits per heavy atom. The monoisotopic (exact) mass is 238 g/mol. The van der Waals surface area contributed by atoms with E-state index >= 15 is 0 Å². The minimum absolute atomic E-state index is 0.378. The van der Waals surface area contributed by atoms with Crippen molar-refractivity contribution in [3.8, 4) is 5.75 Å². The molecule has 0 fully saturated rings. The molecule has 1 heterocycles. The van der Waals surface area contributed by atoms with Crippen LogP contribution < -0.4 is 9.42 Å². The predicted molar refractivity (Wildman–Crippen MR) is 63.2 cm³/mol. The number of hydrogen-bond acceptors (Lipinski definition) is 3. The second kappa shape index (κ2) is 4.54. The molecule has 0 aromatic heterocycles. The summed E-state index contributed by atoms with van der Waals surface area (Å²) in [6, 6.07) is 5.84. The van der Waals surface area contributed by atoms with Crippen molar-refractivity contribution in [2.45, 2.75) is 20.3 Å². The molecule has 0 N–H and O–H groups in total. The lowest BCUT2D eigenvalue weighted by molar-refractivity contribution is -0.206. The fourth-order valence-electron chi connectivity index (χ4n) is 1.68. The number of aryl methyl sites for hydroxylation is 1. The fraction of sp³-hybridized carbons (Fsp3) is 0.333. The van der Waals surface area contributed by atoms with Gasteiger partial charge in [-0.05, 0) is 32.4 Å². The largest absolute Gasteiger partial charge is 0.620 e. The van der Waals surface area contributed by atoms with Crippen molar-refractivity contribution < 1.29 is 13.9 Å². The van der Waals surface area contributed by atoms with Gasteiger partial charge >= 0.3 is 7.94 Å². The maximum absolute atomic E-state index is 12.2. The van der Waals surface area contributed by atoms with Gasteiger partial charge in [0.25, 0.3) is 0 Å². The second-order valence-corrected chi connectivity index (χ2v) is 5.57. The van der Waals surface area contributed by atoms with E-state index in [2.05, 4.69) is 0 Å². The summed E-state index contributed by atoms with van der Waals surface area (Å²) < 4.78 is 10.7. The molecule has 0 bridgehead atoms. The van der Waals surface area contributed by atoms with Crippen molar-refractivity contribution in [1.82, 2.24) is 0 Å². The normalized spacial score (nSPS) is 23.4. The van der Waals surface area contributed by atoms with Gasteiger partial charge in [-0.15, -0.1) is 0 Å². The number of rotatable bonds is 2. The molecule has 0 saturated carbocycles. The predicted octanol–water partition coefficient (Wildman–Crippen LogP) is 2.60. The van der Waals surface area contributed by atoms with Crippen LogP contribution in [0.1, 0.15) is 18.1 Å². The van der Waals surface area contributed by atoms with E-state index < -0.39 is 7.94 Å². The molecule has 86 valence electrons. The summed E-state index contributed by atoms with van der Waals surface area (Å²) in [4.78, 5) is 12.2. The number of fused-ring (bicyclic) bond motifs is 1. The lowest BCUT2D eigenvalue weighted by Crippen LogP contribution is -2.16. The Labute approximate surface area is 96.3 Å². The molecule has 0 aliphatic carbocycles. The fourth-order valence-corrected chi connectivity index (χ4v) is 3.06. The first-order valence-electron chi connectivity index (χ1n) is 5.34. The quantitative estimate of drug-likeness (QED) is 0.743. The van der Waals surface area contributed by atoms with Gasteiger partial charge in [-0.2, -0.15) is 4.52 Å². The van der Waals surface area contributed by atoms with E-state index in [-0.39, 0.29) is 0 Å². The molecule has 1 aromatic carbocycles. The Balaban J connectivity index is 2.32. The van der Waals surface area contributed by atoms with Crippen LogP contribution in [0.2, 0.25) is 0 Å². The average molecular weight is 238 g/mol. The van der Waals surface area contributed by atoms with Gasteiger partial charge in [-0.3, -0.25) is 0 Å². The third kappa shape index (κ3) is 2.43. The van der Waals surface area contributed by atoms with Gasteiger partial charge in [0.05, 0.1) is 6.61 Å². The van der Waals surface area contributed by atoms with Crippen LogP contribution in [-0.4, -0.2) is 6.61 Å². The van der Waals surface area contributed by atoms with E-state index in [4.69, 9.17) is 9.05 Å². The average Bonchev–Trinajstić information content (AvgIpc) is 2.37. The summed E-state index contributed by atoms with van der Waals surface area (Å²) in [5, 5.41) is 0. The summed E-state index contributed by atoms with van der Waals surface area (Å²) >= 11 is 0. The van der Waals surface area contributed by atoms with E-state index in [0.717, 1.165) is 12.0 Å². The molecule has 0 saturated heterocycles. The summed E-state index contributed by atoms with van der Waals surface area (Å²) in [5.41, 5.74) is 2.22. The SMILES string of the molecule is CCO[P+]1([O-])C=CCc2cc(C)ccc2O1. The van der Waals surface area contributed by atoms with Crippen LogP contribution in [-0.2, 0) is 10.9 Å². The number of allylic oxidation sites excluding steroid dienone is 1. The lowest BCUT2D eigenvalue weighted by atomic mass is 10.1. The Bertz CT molecular complexity index is 417. The molecule has 1 aliphatic rings. The van der Waals surface area contributed by atoms with E-state index in [0.29, 0.717) is 12.4 Å². The van der Waals surface area contributed by atoms with E-state index in [1.165, 1.54) is 5.56 Å². The lowest BCUT2D eigenvalue weighted by Gasteiger charge is -2.23. The van der Waals surface area contributed by atoms with Crippen LogP contribution >= 0.6 is 7.94 Å². The third-order valence-corrected chi connectivity index (χ3v) is 4.02. The van der Waals surface area contributed by atoms with Crippen LogP contribution in [0.25, 0.3) is 0 Å². The van der Waals surface area contributed by atoms with Crippen LogP contribution in [0, 0.1) is 6.92 Å². The smallest absolute Gasteiger partial charge is 0.310 e. The van der Waals surface area contributed by atoms with Crippen molar-refractivity contribution in [2.24, 2.45) is 0 Å². The van der Waals surface area contributed by atoms with Gasteiger partial charge in [0, 0.05) is 5.56 Å². The first kappa shape index (κ1) is 11.6. The van der Waals surface area contributed by atoms with Gasteiger partial charge in [0.1, 0.15) is 5.82 Å². The third-order valence-electron chi connectivity index (χ3n) is 2.38. The van der Waals surface area contributed by atoms with E-state index in [1.54, 1.807) is 12.7 Å². The Hall–Kier alpha value is -0.890. The second-order valence-electron chi connectivity index (χ2n) is 3.75. The topological polar surface area (TPSA) is 41.5 Å². The molecule has 0 radical (unpaired) electrons. The zero-order valence-corrected chi connectivity index (χ0v) is 10.4. The zero-order valence-electron chi connectivity index (χ0n) is 9.47. The van der Waals surface area contributed by atoms with Crippen LogP contribution in [0.5, 0.6) is 5.75 Å². The molecule has 1 atom stereocenters.